The van der Waals surface area contributed by atoms with Gasteiger partial charge < -0.3 is 10.1 Å². The normalized spacial score (nSPS) is 16.1. The molecule has 24 heavy (non-hydrogen) atoms. The Balaban J connectivity index is 1.96. The van der Waals surface area contributed by atoms with Crippen LogP contribution in [0.1, 0.15) is 42.5 Å². The first-order chi connectivity index (χ1) is 11.4. The molecule has 0 aromatic heterocycles. The van der Waals surface area contributed by atoms with E-state index < -0.39 is 10.0 Å². The van der Waals surface area contributed by atoms with Gasteiger partial charge in [-0.15, -0.1) is 0 Å². The maximum Gasteiger partial charge on any atom is 0.255 e. The second-order valence-corrected chi connectivity index (χ2v) is 8.06. The van der Waals surface area contributed by atoms with Crippen molar-refractivity contribution in [2.24, 2.45) is 0 Å². The van der Waals surface area contributed by atoms with Crippen LogP contribution in [0.3, 0.4) is 0 Å². The van der Waals surface area contributed by atoms with Crippen molar-refractivity contribution in [1.82, 2.24) is 9.62 Å². The van der Waals surface area contributed by atoms with Gasteiger partial charge in [-0.05, 0) is 25.0 Å². The SMILES string of the molecule is COc1ccccc1C(=O)NCCN(C1CCCCC1)S(C)(=O)=O. The van der Waals surface area contributed by atoms with E-state index in [0.29, 0.717) is 17.9 Å². The highest BCUT2D eigenvalue weighted by Gasteiger charge is 2.27. The number of carbonyl (C=O) groups excluding carboxylic acids is 1. The van der Waals surface area contributed by atoms with E-state index in [1.807, 2.05) is 0 Å². The number of hydrogen-bond donors (Lipinski definition) is 1. The summed E-state index contributed by atoms with van der Waals surface area (Å²) < 4.78 is 30.9. The largest absolute Gasteiger partial charge is 0.496 e. The average Bonchev–Trinajstić information content (AvgIpc) is 2.58. The molecular weight excluding hydrogens is 328 g/mol. The van der Waals surface area contributed by atoms with E-state index >= 15 is 0 Å². The molecule has 0 unspecified atom stereocenters. The summed E-state index contributed by atoms with van der Waals surface area (Å²) in [6.07, 6.45) is 6.32. The van der Waals surface area contributed by atoms with Crippen molar-refractivity contribution in [2.75, 3.05) is 26.5 Å². The number of methoxy groups -OCH3 is 1. The number of carbonyl (C=O) groups is 1. The van der Waals surface area contributed by atoms with Gasteiger partial charge in [0.05, 0.1) is 18.9 Å². The van der Waals surface area contributed by atoms with Crippen molar-refractivity contribution in [3.63, 3.8) is 0 Å². The quantitative estimate of drug-likeness (QED) is 0.813. The first-order valence-corrected chi connectivity index (χ1v) is 10.2. The molecule has 1 N–H and O–H groups in total. The molecule has 0 aliphatic heterocycles. The number of hydrogen-bond acceptors (Lipinski definition) is 4. The highest BCUT2D eigenvalue weighted by atomic mass is 32.2. The fourth-order valence-electron chi connectivity index (χ4n) is 3.20. The van der Waals surface area contributed by atoms with Crippen LogP contribution in [0.2, 0.25) is 0 Å². The van der Waals surface area contributed by atoms with Gasteiger partial charge in [0.2, 0.25) is 10.0 Å². The minimum absolute atomic E-state index is 0.0527. The van der Waals surface area contributed by atoms with Gasteiger partial charge in [-0.25, -0.2) is 8.42 Å². The summed E-state index contributed by atoms with van der Waals surface area (Å²) in [7, 11) is -1.77. The van der Waals surface area contributed by atoms with Gasteiger partial charge in [0.1, 0.15) is 5.75 Å². The van der Waals surface area contributed by atoms with Crippen LogP contribution in [0.25, 0.3) is 0 Å². The Morgan fingerprint density at radius 1 is 1.25 bits per heavy atom. The molecule has 0 heterocycles. The molecule has 1 aromatic carbocycles. The molecule has 1 aromatic rings. The zero-order valence-corrected chi connectivity index (χ0v) is 15.1. The summed E-state index contributed by atoms with van der Waals surface area (Å²) in [6, 6.07) is 7.02. The Labute approximate surface area is 144 Å². The third-order valence-electron chi connectivity index (χ3n) is 4.38. The van der Waals surface area contributed by atoms with E-state index in [2.05, 4.69) is 5.32 Å². The molecule has 1 aliphatic rings. The lowest BCUT2D eigenvalue weighted by Gasteiger charge is -2.32. The van der Waals surface area contributed by atoms with Crippen LogP contribution in [0, 0.1) is 0 Å². The van der Waals surface area contributed by atoms with Crippen LogP contribution >= 0.6 is 0 Å². The van der Waals surface area contributed by atoms with Gasteiger partial charge in [-0.2, -0.15) is 4.31 Å². The third kappa shape index (κ3) is 4.95. The molecule has 7 heteroatoms. The van der Waals surface area contributed by atoms with E-state index in [9.17, 15) is 13.2 Å². The Bertz CT molecular complexity index is 654. The summed E-state index contributed by atoms with van der Waals surface area (Å²) in [5.74, 6) is 0.242. The molecule has 6 nitrogen and oxygen atoms in total. The smallest absolute Gasteiger partial charge is 0.255 e. The Morgan fingerprint density at radius 3 is 2.54 bits per heavy atom. The number of ether oxygens (including phenoxy) is 1. The van der Waals surface area contributed by atoms with E-state index in [1.54, 1.807) is 24.3 Å². The second kappa shape index (κ2) is 8.48. The minimum atomic E-state index is -3.28. The highest BCUT2D eigenvalue weighted by Crippen LogP contribution is 2.24. The predicted molar refractivity (Wildman–Crippen MR) is 93.8 cm³/mol. The number of para-hydroxylation sites is 1. The number of amides is 1. The molecule has 0 radical (unpaired) electrons. The summed E-state index contributed by atoms with van der Waals surface area (Å²) >= 11 is 0. The van der Waals surface area contributed by atoms with Crippen molar-refractivity contribution in [3.8, 4) is 5.75 Å². The maximum atomic E-state index is 12.3. The number of rotatable bonds is 7. The second-order valence-electron chi connectivity index (χ2n) is 6.12. The van der Waals surface area contributed by atoms with Gasteiger partial charge in [0.15, 0.2) is 0 Å². The zero-order chi connectivity index (χ0) is 17.6. The molecule has 0 spiro atoms. The number of nitrogens with zero attached hydrogens (tertiary/aromatic N) is 1. The van der Waals surface area contributed by atoms with Gasteiger partial charge in [-0.1, -0.05) is 31.4 Å². The molecule has 0 atom stereocenters. The molecule has 134 valence electrons. The molecular formula is C17H26N2O4S. The van der Waals surface area contributed by atoms with Crippen LogP contribution in [0.5, 0.6) is 5.75 Å². The highest BCUT2D eigenvalue weighted by molar-refractivity contribution is 7.88. The van der Waals surface area contributed by atoms with Crippen molar-refractivity contribution in [2.45, 2.75) is 38.1 Å². The lowest BCUT2D eigenvalue weighted by atomic mass is 9.95. The lowest BCUT2D eigenvalue weighted by molar-refractivity contribution is 0.0946. The van der Waals surface area contributed by atoms with Crippen LogP contribution < -0.4 is 10.1 Å². The van der Waals surface area contributed by atoms with Crippen LogP contribution in [0.15, 0.2) is 24.3 Å². The van der Waals surface area contributed by atoms with Crippen molar-refractivity contribution in [1.29, 1.82) is 0 Å². The molecule has 0 bridgehead atoms. The number of sulfonamides is 1. The fourth-order valence-corrected chi connectivity index (χ4v) is 4.37. The predicted octanol–water partition coefficient (Wildman–Crippen LogP) is 2.02. The first kappa shape index (κ1) is 18.7. The molecule has 1 saturated carbocycles. The molecule has 1 aliphatic carbocycles. The molecule has 1 amide bonds. The fraction of sp³-hybridized carbons (Fsp3) is 0.588. The van der Waals surface area contributed by atoms with E-state index in [4.69, 9.17) is 4.74 Å². The summed E-state index contributed by atoms with van der Waals surface area (Å²) in [4.78, 5) is 12.3. The Morgan fingerprint density at radius 2 is 1.92 bits per heavy atom. The molecule has 0 saturated heterocycles. The van der Waals surface area contributed by atoms with E-state index in [1.165, 1.54) is 24.1 Å². The molecule has 1 fully saturated rings. The maximum absolute atomic E-state index is 12.3. The average molecular weight is 354 g/mol. The minimum Gasteiger partial charge on any atom is -0.496 e. The lowest BCUT2D eigenvalue weighted by Crippen LogP contribution is -2.45. The van der Waals surface area contributed by atoms with Gasteiger partial charge >= 0.3 is 0 Å². The molecule has 2 rings (SSSR count). The summed E-state index contributed by atoms with van der Waals surface area (Å²) in [6.45, 7) is 0.574. The summed E-state index contributed by atoms with van der Waals surface area (Å²) in [5.41, 5.74) is 0.448. The van der Waals surface area contributed by atoms with Crippen molar-refractivity contribution in [3.05, 3.63) is 29.8 Å². The van der Waals surface area contributed by atoms with Crippen LogP contribution in [-0.4, -0.2) is 51.1 Å². The Hall–Kier alpha value is -1.60. The van der Waals surface area contributed by atoms with Gasteiger partial charge in [-0.3, -0.25) is 4.79 Å². The van der Waals surface area contributed by atoms with Crippen LogP contribution in [0.4, 0.5) is 0 Å². The van der Waals surface area contributed by atoms with E-state index in [-0.39, 0.29) is 18.5 Å². The number of nitrogens with one attached hydrogen (secondary N) is 1. The standard InChI is InChI=1S/C17H26N2O4S/c1-23-16-11-7-6-10-15(16)17(20)18-12-13-19(24(2,21)22)14-8-4-3-5-9-14/h6-7,10-11,14H,3-5,8-9,12-13H2,1-2H3,(H,18,20). The van der Waals surface area contributed by atoms with Crippen molar-refractivity contribution < 1.29 is 17.9 Å². The third-order valence-corrected chi connectivity index (χ3v) is 5.71. The monoisotopic (exact) mass is 354 g/mol. The van der Waals surface area contributed by atoms with Crippen molar-refractivity contribution >= 4 is 15.9 Å². The van der Waals surface area contributed by atoms with Gasteiger partial charge in [0, 0.05) is 19.1 Å². The first-order valence-electron chi connectivity index (χ1n) is 8.31. The number of benzene rings is 1. The van der Waals surface area contributed by atoms with Crippen LogP contribution in [-0.2, 0) is 10.0 Å². The topological polar surface area (TPSA) is 75.7 Å². The van der Waals surface area contributed by atoms with Gasteiger partial charge in [0.25, 0.3) is 5.91 Å². The zero-order valence-electron chi connectivity index (χ0n) is 14.3. The summed E-state index contributed by atoms with van der Waals surface area (Å²) in [5, 5.41) is 2.79. The van der Waals surface area contributed by atoms with E-state index in [0.717, 1.165) is 25.7 Å². The Kier molecular flexibility index (Phi) is 6.62.